The maximum atomic E-state index is 10.6. The lowest BCUT2D eigenvalue weighted by Crippen LogP contribution is -2.01. The first-order chi connectivity index (χ1) is 8.66. The molecule has 92 valence electrons. The lowest BCUT2D eigenvalue weighted by molar-refractivity contribution is 0.0696. The molecule has 0 radical (unpaired) electrons. The van der Waals surface area contributed by atoms with Crippen LogP contribution in [0.25, 0.3) is 0 Å². The number of pyridine rings is 1. The molecule has 0 amide bonds. The van der Waals surface area contributed by atoms with Gasteiger partial charge in [-0.25, -0.2) is 4.79 Å². The molecule has 4 nitrogen and oxygen atoms in total. The van der Waals surface area contributed by atoms with Gasteiger partial charge in [0.1, 0.15) is 12.4 Å². The van der Waals surface area contributed by atoms with Crippen LogP contribution in [0.4, 0.5) is 0 Å². The third kappa shape index (κ3) is 2.99. The topological polar surface area (TPSA) is 59.4 Å². The van der Waals surface area contributed by atoms with Crippen LogP contribution in [0, 0.1) is 0 Å². The van der Waals surface area contributed by atoms with Crippen molar-refractivity contribution < 1.29 is 14.6 Å². The number of carboxylic acids is 1. The average Bonchev–Trinajstić information content (AvgIpc) is 2.38. The molecule has 0 unspecified atom stereocenters. The van der Waals surface area contributed by atoms with Crippen molar-refractivity contribution in [3.8, 4) is 5.75 Å². The highest BCUT2D eigenvalue weighted by Gasteiger charge is 2.04. The summed E-state index contributed by atoms with van der Waals surface area (Å²) in [5.74, 6) is -0.427. The number of carbonyl (C=O) groups is 1. The molecule has 0 aliphatic carbocycles. The van der Waals surface area contributed by atoms with Crippen molar-refractivity contribution in [1.29, 1.82) is 0 Å². The van der Waals surface area contributed by atoms with E-state index in [1.807, 2.05) is 12.1 Å². The molecule has 1 aromatic heterocycles. The van der Waals surface area contributed by atoms with Gasteiger partial charge in [0.15, 0.2) is 0 Å². The normalized spacial score (nSPS) is 10.1. The van der Waals surface area contributed by atoms with E-state index in [1.165, 1.54) is 12.3 Å². The number of aromatic nitrogens is 1. The fourth-order valence-corrected chi connectivity index (χ4v) is 1.54. The Hall–Kier alpha value is -2.07. The first kappa shape index (κ1) is 12.4. The Balaban J connectivity index is 2.02. The third-order valence-corrected chi connectivity index (χ3v) is 2.60. The molecular weight excluding hydrogens is 254 g/mol. The number of carboxylic acid groups (broad SMARTS) is 1. The lowest BCUT2D eigenvalue weighted by atomic mass is 10.2. The zero-order valence-electron chi connectivity index (χ0n) is 9.34. The van der Waals surface area contributed by atoms with Crippen LogP contribution in [0.5, 0.6) is 5.75 Å². The van der Waals surface area contributed by atoms with Gasteiger partial charge in [-0.3, -0.25) is 4.98 Å². The summed E-state index contributed by atoms with van der Waals surface area (Å²) in [6, 6.07) is 10.2. The van der Waals surface area contributed by atoms with Gasteiger partial charge in [-0.15, -0.1) is 0 Å². The van der Waals surface area contributed by atoms with E-state index in [0.29, 0.717) is 16.5 Å². The molecule has 0 aliphatic heterocycles. The minimum atomic E-state index is -0.999. The van der Waals surface area contributed by atoms with Gasteiger partial charge in [0.25, 0.3) is 0 Å². The summed E-state index contributed by atoms with van der Waals surface area (Å²) >= 11 is 5.93. The Bertz CT molecular complexity index is 554. The number of nitrogens with zero attached hydrogens (tertiary/aromatic N) is 1. The summed E-state index contributed by atoms with van der Waals surface area (Å²) in [5, 5.41) is 9.26. The lowest BCUT2D eigenvalue weighted by Gasteiger charge is -2.07. The van der Waals surface area contributed by atoms with Gasteiger partial charge in [-0.1, -0.05) is 23.7 Å². The summed E-state index contributed by atoms with van der Waals surface area (Å²) in [6.45, 7) is 0.240. The van der Waals surface area contributed by atoms with Gasteiger partial charge >= 0.3 is 5.97 Å². The Morgan fingerprint density at radius 2 is 2.06 bits per heavy atom. The quantitative estimate of drug-likeness (QED) is 0.921. The second kappa shape index (κ2) is 5.51. The van der Waals surface area contributed by atoms with E-state index in [0.717, 1.165) is 0 Å². The number of hydrogen-bond acceptors (Lipinski definition) is 3. The molecule has 1 aromatic carbocycles. The highest BCUT2D eigenvalue weighted by molar-refractivity contribution is 6.32. The highest BCUT2D eigenvalue weighted by atomic mass is 35.5. The molecular formula is C13H10ClNO3. The zero-order valence-corrected chi connectivity index (χ0v) is 10.1. The fraction of sp³-hybridized carbons (Fsp3) is 0.0769. The van der Waals surface area contributed by atoms with Crippen LogP contribution >= 0.6 is 11.6 Å². The fourth-order valence-electron chi connectivity index (χ4n) is 1.35. The van der Waals surface area contributed by atoms with Gasteiger partial charge in [-0.05, 0) is 24.3 Å². The van der Waals surface area contributed by atoms with Crippen LogP contribution in [-0.2, 0) is 6.61 Å². The van der Waals surface area contributed by atoms with Gasteiger partial charge < -0.3 is 9.84 Å². The van der Waals surface area contributed by atoms with Crippen LogP contribution in [0.1, 0.15) is 16.1 Å². The minimum Gasteiger partial charge on any atom is -0.486 e. The van der Waals surface area contributed by atoms with Crippen molar-refractivity contribution in [1.82, 2.24) is 4.98 Å². The predicted molar refractivity (Wildman–Crippen MR) is 67.0 cm³/mol. The molecule has 0 saturated carbocycles. The minimum absolute atomic E-state index is 0.150. The predicted octanol–water partition coefficient (Wildman–Crippen LogP) is 3.01. The molecule has 0 bridgehead atoms. The van der Waals surface area contributed by atoms with E-state index in [1.54, 1.807) is 18.2 Å². The van der Waals surface area contributed by atoms with Crippen LogP contribution in [0.2, 0.25) is 5.02 Å². The molecule has 2 aromatic rings. The second-order valence-electron chi connectivity index (χ2n) is 3.56. The molecule has 5 heteroatoms. The van der Waals surface area contributed by atoms with Crippen molar-refractivity contribution in [2.45, 2.75) is 6.61 Å². The van der Waals surface area contributed by atoms with Crippen molar-refractivity contribution in [2.24, 2.45) is 0 Å². The Morgan fingerprint density at radius 1 is 1.28 bits per heavy atom. The van der Waals surface area contributed by atoms with Gasteiger partial charge in [0.05, 0.1) is 16.3 Å². The monoisotopic (exact) mass is 263 g/mol. The van der Waals surface area contributed by atoms with E-state index >= 15 is 0 Å². The number of aromatic carboxylic acids is 1. The van der Waals surface area contributed by atoms with Crippen LogP contribution in [0.3, 0.4) is 0 Å². The van der Waals surface area contributed by atoms with Crippen LogP contribution < -0.4 is 4.74 Å². The van der Waals surface area contributed by atoms with Gasteiger partial charge in [0.2, 0.25) is 0 Å². The molecule has 18 heavy (non-hydrogen) atoms. The van der Waals surface area contributed by atoms with Gasteiger partial charge in [0, 0.05) is 6.20 Å². The molecule has 0 saturated heterocycles. The van der Waals surface area contributed by atoms with Gasteiger partial charge in [-0.2, -0.15) is 0 Å². The maximum Gasteiger partial charge on any atom is 0.337 e. The van der Waals surface area contributed by atoms with Crippen molar-refractivity contribution in [3.63, 3.8) is 0 Å². The van der Waals surface area contributed by atoms with E-state index in [-0.39, 0.29) is 12.2 Å². The summed E-state index contributed by atoms with van der Waals surface area (Å²) in [5.41, 5.74) is 0.788. The Kier molecular flexibility index (Phi) is 3.79. The first-order valence-electron chi connectivity index (χ1n) is 5.22. The molecule has 0 atom stereocenters. The molecule has 0 spiro atoms. The van der Waals surface area contributed by atoms with Crippen molar-refractivity contribution in [2.75, 3.05) is 0 Å². The van der Waals surface area contributed by atoms with Crippen LogP contribution in [0.15, 0.2) is 42.6 Å². The number of benzene rings is 1. The SMILES string of the molecule is O=C(O)c1ccc(COc2ccccc2Cl)nc1. The summed E-state index contributed by atoms with van der Waals surface area (Å²) < 4.78 is 5.48. The third-order valence-electron chi connectivity index (χ3n) is 2.28. The van der Waals surface area contributed by atoms with Crippen LogP contribution in [-0.4, -0.2) is 16.1 Å². The first-order valence-corrected chi connectivity index (χ1v) is 5.60. The smallest absolute Gasteiger partial charge is 0.337 e. The average molecular weight is 264 g/mol. The number of halogens is 1. The zero-order chi connectivity index (χ0) is 13.0. The molecule has 1 heterocycles. The summed E-state index contributed by atoms with van der Waals surface area (Å²) in [7, 11) is 0. The summed E-state index contributed by atoms with van der Waals surface area (Å²) in [6.07, 6.45) is 1.30. The van der Waals surface area contributed by atoms with Crippen molar-refractivity contribution in [3.05, 3.63) is 58.9 Å². The highest BCUT2D eigenvalue weighted by Crippen LogP contribution is 2.23. The molecule has 2 rings (SSSR count). The maximum absolute atomic E-state index is 10.6. The second-order valence-corrected chi connectivity index (χ2v) is 3.97. The Labute approximate surface area is 109 Å². The standard InChI is InChI=1S/C13H10ClNO3/c14-11-3-1-2-4-12(11)18-8-10-6-5-9(7-15-10)13(16)17/h1-7H,8H2,(H,16,17). The number of ether oxygens (including phenoxy) is 1. The largest absolute Gasteiger partial charge is 0.486 e. The van der Waals surface area contributed by atoms with E-state index in [9.17, 15) is 4.79 Å². The van der Waals surface area contributed by atoms with E-state index in [4.69, 9.17) is 21.4 Å². The molecule has 1 N–H and O–H groups in total. The summed E-state index contributed by atoms with van der Waals surface area (Å²) in [4.78, 5) is 14.6. The van der Waals surface area contributed by atoms with E-state index < -0.39 is 5.97 Å². The number of hydrogen-bond donors (Lipinski definition) is 1. The van der Waals surface area contributed by atoms with E-state index in [2.05, 4.69) is 4.98 Å². The molecule has 0 fully saturated rings. The Morgan fingerprint density at radius 3 is 2.67 bits per heavy atom. The molecule has 0 aliphatic rings. The number of rotatable bonds is 4. The number of para-hydroxylation sites is 1. The van der Waals surface area contributed by atoms with Crippen molar-refractivity contribution >= 4 is 17.6 Å².